The van der Waals surface area contributed by atoms with Gasteiger partial charge in [-0.05, 0) is 19.3 Å². The summed E-state index contributed by atoms with van der Waals surface area (Å²) in [4.78, 5) is 19.3. The second-order valence-electron chi connectivity index (χ2n) is 5.40. The van der Waals surface area contributed by atoms with Gasteiger partial charge in [-0.3, -0.25) is 4.79 Å². The van der Waals surface area contributed by atoms with Crippen LogP contribution < -0.4 is 10.9 Å². The van der Waals surface area contributed by atoms with Crippen molar-refractivity contribution in [3.63, 3.8) is 0 Å². The fraction of sp³-hybridized carbons (Fsp3) is 0.667. The van der Waals surface area contributed by atoms with Gasteiger partial charge in [0, 0.05) is 12.5 Å². The minimum Gasteiger partial charge on any atom is -0.369 e. The van der Waals surface area contributed by atoms with Crippen LogP contribution in [0, 0.1) is 11.3 Å². The van der Waals surface area contributed by atoms with Crippen LogP contribution in [0.5, 0.6) is 0 Å². The van der Waals surface area contributed by atoms with Crippen molar-refractivity contribution in [2.75, 3.05) is 11.9 Å². The van der Waals surface area contributed by atoms with Crippen LogP contribution >= 0.6 is 0 Å². The predicted molar refractivity (Wildman–Crippen MR) is 78.8 cm³/mol. The molecule has 5 heteroatoms. The van der Waals surface area contributed by atoms with Crippen molar-refractivity contribution in [2.45, 2.75) is 57.8 Å². The van der Waals surface area contributed by atoms with Crippen LogP contribution in [0.25, 0.3) is 0 Å². The first kappa shape index (κ1) is 14.6. The molecule has 0 aliphatic heterocycles. The number of H-pyrrole nitrogens is 1. The lowest BCUT2D eigenvalue weighted by Crippen LogP contribution is -2.21. The molecule has 0 spiro atoms. The third-order valence-electron chi connectivity index (χ3n) is 3.86. The maximum atomic E-state index is 12.0. The maximum absolute atomic E-state index is 12.0. The van der Waals surface area contributed by atoms with E-state index >= 15 is 0 Å². The molecule has 0 amide bonds. The maximum Gasteiger partial charge on any atom is 0.271 e. The molecule has 1 aliphatic carbocycles. The van der Waals surface area contributed by atoms with Gasteiger partial charge in [0.25, 0.3) is 5.56 Å². The second kappa shape index (κ2) is 7.09. The normalized spacial score (nSPS) is 15.8. The molecular formula is C15H22N4O. The lowest BCUT2D eigenvalue weighted by atomic mass is 9.88. The van der Waals surface area contributed by atoms with E-state index in [1.54, 1.807) is 0 Å². The highest BCUT2D eigenvalue weighted by atomic mass is 16.1. The van der Waals surface area contributed by atoms with E-state index in [9.17, 15) is 4.79 Å². The number of nitrogens with one attached hydrogen (secondary N) is 2. The van der Waals surface area contributed by atoms with Gasteiger partial charge in [0.1, 0.15) is 11.9 Å². The summed E-state index contributed by atoms with van der Waals surface area (Å²) in [5.74, 6) is 1.52. The van der Waals surface area contributed by atoms with Gasteiger partial charge in [-0.15, -0.1) is 0 Å². The Morgan fingerprint density at radius 2 is 2.15 bits per heavy atom. The van der Waals surface area contributed by atoms with Gasteiger partial charge >= 0.3 is 0 Å². The second-order valence-corrected chi connectivity index (χ2v) is 5.40. The molecule has 0 aromatic carbocycles. The molecule has 0 radical (unpaired) electrons. The molecule has 1 aromatic rings. The highest BCUT2D eigenvalue weighted by Crippen LogP contribution is 2.30. The first-order chi connectivity index (χ1) is 9.76. The number of hydrogen-bond donors (Lipinski definition) is 2. The Bertz CT molecular complexity index is 538. The molecule has 2 rings (SSSR count). The van der Waals surface area contributed by atoms with Crippen LogP contribution in [-0.2, 0) is 0 Å². The van der Waals surface area contributed by atoms with Crippen molar-refractivity contribution in [2.24, 2.45) is 0 Å². The minimum absolute atomic E-state index is 0.0978. The predicted octanol–water partition coefficient (Wildman–Crippen LogP) is 2.90. The van der Waals surface area contributed by atoms with Crippen LogP contribution in [-0.4, -0.2) is 16.5 Å². The van der Waals surface area contributed by atoms with Gasteiger partial charge in [-0.1, -0.05) is 32.6 Å². The van der Waals surface area contributed by atoms with Crippen molar-refractivity contribution in [3.8, 4) is 6.07 Å². The summed E-state index contributed by atoms with van der Waals surface area (Å²) in [5.41, 5.74) is -0.220. The van der Waals surface area contributed by atoms with E-state index in [0.717, 1.165) is 38.1 Å². The monoisotopic (exact) mass is 274 g/mol. The highest BCUT2D eigenvalue weighted by molar-refractivity contribution is 5.50. The summed E-state index contributed by atoms with van der Waals surface area (Å²) < 4.78 is 0. The lowest BCUT2D eigenvalue weighted by molar-refractivity contribution is 0.428. The Morgan fingerprint density at radius 3 is 2.80 bits per heavy atom. The third-order valence-corrected chi connectivity index (χ3v) is 3.86. The fourth-order valence-electron chi connectivity index (χ4n) is 2.68. The number of anilines is 1. The molecule has 1 saturated carbocycles. The zero-order valence-corrected chi connectivity index (χ0v) is 12.0. The number of hydrogen-bond acceptors (Lipinski definition) is 4. The van der Waals surface area contributed by atoms with Gasteiger partial charge in [-0.25, -0.2) is 4.98 Å². The summed E-state index contributed by atoms with van der Waals surface area (Å²) in [6, 6.07) is 1.95. The van der Waals surface area contributed by atoms with Crippen molar-refractivity contribution >= 4 is 5.82 Å². The molecular weight excluding hydrogens is 252 g/mol. The number of nitrogens with zero attached hydrogens (tertiary/aromatic N) is 2. The molecule has 0 bridgehead atoms. The number of rotatable bonds is 5. The molecule has 108 valence electrons. The standard InChI is InChI=1S/C15H22N4O/c1-2-3-9-17-14-12(10-16)15(20)19-13(18-14)11-7-5-4-6-8-11/h11H,2-9H2,1H3,(H2,17,18,19,20). The van der Waals surface area contributed by atoms with Gasteiger partial charge < -0.3 is 10.3 Å². The van der Waals surface area contributed by atoms with Crippen LogP contribution in [0.15, 0.2) is 4.79 Å². The Labute approximate surface area is 119 Å². The summed E-state index contributed by atoms with van der Waals surface area (Å²) in [5, 5.41) is 12.2. The first-order valence-corrected chi connectivity index (χ1v) is 7.54. The number of aromatic nitrogens is 2. The van der Waals surface area contributed by atoms with Crippen LogP contribution in [0.2, 0.25) is 0 Å². The molecule has 1 aromatic heterocycles. The first-order valence-electron chi connectivity index (χ1n) is 7.54. The molecule has 0 saturated heterocycles. The van der Waals surface area contributed by atoms with E-state index in [-0.39, 0.29) is 11.1 Å². The van der Waals surface area contributed by atoms with E-state index in [2.05, 4.69) is 22.2 Å². The molecule has 2 N–H and O–H groups in total. The number of unbranched alkanes of at least 4 members (excludes halogenated alkanes) is 1. The van der Waals surface area contributed by atoms with Crippen LogP contribution in [0.1, 0.15) is 69.2 Å². The largest absolute Gasteiger partial charge is 0.369 e. The zero-order chi connectivity index (χ0) is 14.4. The Morgan fingerprint density at radius 1 is 1.40 bits per heavy atom. The smallest absolute Gasteiger partial charge is 0.271 e. The average Bonchev–Trinajstić information content (AvgIpc) is 2.48. The van der Waals surface area contributed by atoms with Gasteiger partial charge in [0.05, 0.1) is 0 Å². The Kier molecular flexibility index (Phi) is 5.16. The zero-order valence-electron chi connectivity index (χ0n) is 12.0. The fourth-order valence-corrected chi connectivity index (χ4v) is 2.68. The average molecular weight is 274 g/mol. The Balaban J connectivity index is 2.25. The van der Waals surface area contributed by atoms with Gasteiger partial charge in [0.15, 0.2) is 11.4 Å². The SMILES string of the molecule is CCCCNc1nc(C2CCCCC2)[nH]c(=O)c1C#N. The highest BCUT2D eigenvalue weighted by Gasteiger charge is 2.20. The van der Waals surface area contributed by atoms with Crippen molar-refractivity contribution in [1.29, 1.82) is 5.26 Å². The van der Waals surface area contributed by atoms with Crippen molar-refractivity contribution < 1.29 is 0 Å². The summed E-state index contributed by atoms with van der Waals surface area (Å²) in [6.45, 7) is 2.84. The van der Waals surface area contributed by atoms with E-state index in [1.165, 1.54) is 19.3 Å². The molecule has 1 aliphatic rings. The third kappa shape index (κ3) is 3.38. The van der Waals surface area contributed by atoms with Gasteiger partial charge in [0.2, 0.25) is 0 Å². The van der Waals surface area contributed by atoms with Gasteiger partial charge in [-0.2, -0.15) is 5.26 Å². The van der Waals surface area contributed by atoms with Crippen molar-refractivity contribution in [3.05, 3.63) is 21.7 Å². The van der Waals surface area contributed by atoms with E-state index in [1.807, 2.05) is 6.07 Å². The van der Waals surface area contributed by atoms with Crippen LogP contribution in [0.4, 0.5) is 5.82 Å². The molecule has 1 heterocycles. The van der Waals surface area contributed by atoms with E-state index < -0.39 is 0 Å². The minimum atomic E-state index is -0.318. The molecule has 20 heavy (non-hydrogen) atoms. The summed E-state index contributed by atoms with van der Waals surface area (Å²) in [6.07, 6.45) is 7.84. The molecule has 5 nitrogen and oxygen atoms in total. The van der Waals surface area contributed by atoms with Crippen LogP contribution in [0.3, 0.4) is 0 Å². The molecule has 1 fully saturated rings. The molecule has 0 unspecified atom stereocenters. The number of aromatic amines is 1. The molecule has 0 atom stereocenters. The van der Waals surface area contributed by atoms with Crippen molar-refractivity contribution in [1.82, 2.24) is 9.97 Å². The number of nitriles is 1. The van der Waals surface area contributed by atoms with E-state index in [4.69, 9.17) is 5.26 Å². The van der Waals surface area contributed by atoms with E-state index in [0.29, 0.717) is 11.7 Å². The quantitative estimate of drug-likeness (QED) is 0.809. The summed E-state index contributed by atoms with van der Waals surface area (Å²) >= 11 is 0. The lowest BCUT2D eigenvalue weighted by Gasteiger charge is -2.21. The Hall–Kier alpha value is -1.83. The summed E-state index contributed by atoms with van der Waals surface area (Å²) in [7, 11) is 0. The topological polar surface area (TPSA) is 81.6 Å².